The lowest BCUT2D eigenvalue weighted by molar-refractivity contribution is 0.141. The van der Waals surface area contributed by atoms with Gasteiger partial charge in [-0.3, -0.25) is 9.47 Å². The average Bonchev–Trinajstić information content (AvgIpc) is 3.24. The normalized spacial score (nSPS) is 18.0. The Morgan fingerprint density at radius 2 is 1.87 bits per heavy atom. The van der Waals surface area contributed by atoms with Crippen molar-refractivity contribution in [3.8, 4) is 5.95 Å². The molecule has 0 radical (unpaired) electrons. The zero-order chi connectivity index (χ0) is 15.6. The van der Waals surface area contributed by atoms with Crippen LogP contribution in [-0.4, -0.2) is 30.5 Å². The molecule has 0 aromatic carbocycles. The maximum atomic E-state index is 4.37. The van der Waals surface area contributed by atoms with Crippen LogP contribution in [0, 0.1) is 0 Å². The SMILES string of the molecule is CC[C@@H]1c2cccn2CCN1Cc1cccn1-c1ncccn1. The highest BCUT2D eigenvalue weighted by molar-refractivity contribution is 5.21. The topological polar surface area (TPSA) is 38.9 Å². The van der Waals surface area contributed by atoms with Gasteiger partial charge in [0.2, 0.25) is 5.95 Å². The lowest BCUT2D eigenvalue weighted by Gasteiger charge is -2.36. The van der Waals surface area contributed by atoms with E-state index in [4.69, 9.17) is 0 Å². The molecule has 0 fully saturated rings. The van der Waals surface area contributed by atoms with E-state index in [1.165, 1.54) is 11.4 Å². The van der Waals surface area contributed by atoms with Crippen molar-refractivity contribution in [2.24, 2.45) is 0 Å². The van der Waals surface area contributed by atoms with Crippen LogP contribution in [0.15, 0.2) is 55.1 Å². The number of rotatable bonds is 4. The smallest absolute Gasteiger partial charge is 0.233 e. The molecule has 1 atom stereocenters. The number of aromatic nitrogens is 4. The summed E-state index contributed by atoms with van der Waals surface area (Å²) in [6.07, 6.45) is 8.92. The zero-order valence-corrected chi connectivity index (χ0v) is 13.3. The molecule has 4 heterocycles. The van der Waals surface area contributed by atoms with Crippen LogP contribution in [0.5, 0.6) is 0 Å². The van der Waals surface area contributed by atoms with E-state index in [1.54, 1.807) is 12.4 Å². The second kappa shape index (κ2) is 6.01. The van der Waals surface area contributed by atoms with Crippen LogP contribution in [0.3, 0.4) is 0 Å². The Labute approximate surface area is 136 Å². The van der Waals surface area contributed by atoms with E-state index in [9.17, 15) is 0 Å². The maximum absolute atomic E-state index is 4.37. The summed E-state index contributed by atoms with van der Waals surface area (Å²) in [6, 6.07) is 11.0. The predicted octanol–water partition coefficient (Wildman–Crippen LogP) is 3.04. The van der Waals surface area contributed by atoms with Gasteiger partial charge in [-0.1, -0.05) is 6.92 Å². The minimum atomic E-state index is 0.471. The van der Waals surface area contributed by atoms with Crippen LogP contribution >= 0.6 is 0 Å². The summed E-state index contributed by atoms with van der Waals surface area (Å²) in [4.78, 5) is 11.3. The van der Waals surface area contributed by atoms with Gasteiger partial charge in [-0.15, -0.1) is 0 Å². The lowest BCUT2D eigenvalue weighted by atomic mass is 10.1. The molecule has 0 bridgehead atoms. The van der Waals surface area contributed by atoms with Gasteiger partial charge < -0.3 is 4.57 Å². The maximum Gasteiger partial charge on any atom is 0.233 e. The Morgan fingerprint density at radius 1 is 1.04 bits per heavy atom. The van der Waals surface area contributed by atoms with Crippen molar-refractivity contribution >= 4 is 0 Å². The quantitative estimate of drug-likeness (QED) is 0.743. The van der Waals surface area contributed by atoms with Gasteiger partial charge in [-0.05, 0) is 36.8 Å². The molecule has 5 heteroatoms. The predicted molar refractivity (Wildman–Crippen MR) is 89.2 cm³/mol. The van der Waals surface area contributed by atoms with Gasteiger partial charge >= 0.3 is 0 Å². The van der Waals surface area contributed by atoms with Gasteiger partial charge in [-0.2, -0.15) is 0 Å². The molecule has 0 unspecified atom stereocenters. The van der Waals surface area contributed by atoms with Gasteiger partial charge in [0.15, 0.2) is 0 Å². The number of nitrogens with zero attached hydrogens (tertiary/aromatic N) is 5. The van der Waals surface area contributed by atoms with Gasteiger partial charge in [0.25, 0.3) is 0 Å². The highest BCUT2D eigenvalue weighted by atomic mass is 15.2. The molecule has 118 valence electrons. The molecule has 5 nitrogen and oxygen atoms in total. The van der Waals surface area contributed by atoms with E-state index < -0.39 is 0 Å². The Kier molecular flexibility index (Phi) is 3.71. The molecule has 0 N–H and O–H groups in total. The molecular formula is C18H21N5. The summed E-state index contributed by atoms with van der Waals surface area (Å²) in [5, 5.41) is 0. The molecule has 0 saturated heterocycles. The van der Waals surface area contributed by atoms with Gasteiger partial charge in [0.05, 0.1) is 6.04 Å². The van der Waals surface area contributed by atoms with Gasteiger partial charge in [0.1, 0.15) is 0 Å². The van der Waals surface area contributed by atoms with Crippen molar-refractivity contribution in [2.75, 3.05) is 6.54 Å². The van der Waals surface area contributed by atoms with Gasteiger partial charge in [-0.25, -0.2) is 9.97 Å². The summed E-state index contributed by atoms with van der Waals surface area (Å²) < 4.78 is 4.46. The summed E-state index contributed by atoms with van der Waals surface area (Å²) in [5.41, 5.74) is 2.66. The Hall–Kier alpha value is -2.40. The molecule has 0 spiro atoms. The molecule has 1 aliphatic heterocycles. The highest BCUT2D eigenvalue weighted by Crippen LogP contribution is 2.30. The van der Waals surface area contributed by atoms with Crippen molar-refractivity contribution in [3.05, 3.63) is 66.5 Å². The molecule has 23 heavy (non-hydrogen) atoms. The third kappa shape index (κ3) is 2.57. The molecular weight excluding hydrogens is 286 g/mol. The lowest BCUT2D eigenvalue weighted by Crippen LogP contribution is -2.37. The second-order valence-electron chi connectivity index (χ2n) is 5.94. The average molecular weight is 307 g/mol. The standard InChI is InChI=1S/C18H21N5/c1-2-16-17-7-4-10-21(17)12-13-22(16)14-15-6-3-11-23(15)18-19-8-5-9-20-18/h3-11,16H,2,12-14H2,1H3/t16-/m1/s1. The van der Waals surface area contributed by atoms with E-state index in [0.717, 1.165) is 32.0 Å². The third-order valence-corrected chi connectivity index (χ3v) is 4.63. The minimum Gasteiger partial charge on any atom is -0.349 e. The van der Waals surface area contributed by atoms with E-state index in [2.05, 4.69) is 61.4 Å². The first-order valence-corrected chi connectivity index (χ1v) is 8.19. The van der Waals surface area contributed by atoms with Crippen LogP contribution < -0.4 is 0 Å². The zero-order valence-electron chi connectivity index (χ0n) is 13.3. The number of hydrogen-bond acceptors (Lipinski definition) is 3. The van der Waals surface area contributed by atoms with Crippen molar-refractivity contribution < 1.29 is 0 Å². The van der Waals surface area contributed by atoms with Crippen LogP contribution in [0.1, 0.15) is 30.8 Å². The number of fused-ring (bicyclic) bond motifs is 1. The van der Waals surface area contributed by atoms with E-state index in [1.807, 2.05) is 12.3 Å². The van der Waals surface area contributed by atoms with Crippen LogP contribution in [0.2, 0.25) is 0 Å². The molecule has 0 saturated carbocycles. The van der Waals surface area contributed by atoms with E-state index in [0.29, 0.717) is 6.04 Å². The second-order valence-corrected chi connectivity index (χ2v) is 5.94. The summed E-state index contributed by atoms with van der Waals surface area (Å²) in [7, 11) is 0. The molecule has 0 amide bonds. The molecule has 1 aliphatic rings. The van der Waals surface area contributed by atoms with E-state index in [-0.39, 0.29) is 0 Å². The fourth-order valence-electron chi connectivity index (χ4n) is 3.53. The first-order valence-electron chi connectivity index (χ1n) is 8.19. The molecule has 3 aromatic rings. The minimum absolute atomic E-state index is 0.471. The fourth-order valence-corrected chi connectivity index (χ4v) is 3.53. The van der Waals surface area contributed by atoms with Crippen LogP contribution in [0.25, 0.3) is 5.95 Å². The Morgan fingerprint density at radius 3 is 2.70 bits per heavy atom. The molecule has 3 aromatic heterocycles. The van der Waals surface area contributed by atoms with Crippen molar-refractivity contribution in [2.45, 2.75) is 32.5 Å². The molecule has 0 aliphatic carbocycles. The largest absolute Gasteiger partial charge is 0.349 e. The summed E-state index contributed by atoms with van der Waals surface area (Å²) >= 11 is 0. The Bertz CT molecular complexity index is 774. The van der Waals surface area contributed by atoms with Crippen LogP contribution in [-0.2, 0) is 13.1 Å². The Balaban J connectivity index is 1.61. The number of hydrogen-bond donors (Lipinski definition) is 0. The fraction of sp³-hybridized carbons (Fsp3) is 0.333. The van der Waals surface area contributed by atoms with Crippen LogP contribution in [0.4, 0.5) is 0 Å². The first kappa shape index (κ1) is 14.2. The van der Waals surface area contributed by atoms with Crippen molar-refractivity contribution in [1.82, 2.24) is 24.0 Å². The van der Waals surface area contributed by atoms with E-state index >= 15 is 0 Å². The highest BCUT2D eigenvalue weighted by Gasteiger charge is 2.26. The van der Waals surface area contributed by atoms with Gasteiger partial charge in [0, 0.05) is 55.8 Å². The van der Waals surface area contributed by atoms with Crippen molar-refractivity contribution in [3.63, 3.8) is 0 Å². The van der Waals surface area contributed by atoms with Crippen molar-refractivity contribution in [1.29, 1.82) is 0 Å². The summed E-state index contributed by atoms with van der Waals surface area (Å²) in [5.74, 6) is 0.737. The first-order chi connectivity index (χ1) is 11.4. The third-order valence-electron chi connectivity index (χ3n) is 4.63. The summed E-state index contributed by atoms with van der Waals surface area (Å²) in [6.45, 7) is 5.30. The monoisotopic (exact) mass is 307 g/mol. The molecule has 4 rings (SSSR count).